The monoisotopic (exact) mass is 243 g/mol. The van der Waals surface area contributed by atoms with Gasteiger partial charge in [0.15, 0.2) is 0 Å². The first kappa shape index (κ1) is 10.8. The number of hydrogen-bond acceptors (Lipinski definition) is 3. The van der Waals surface area contributed by atoms with Crippen LogP contribution in [-0.2, 0) is 6.42 Å². The fourth-order valence-electron chi connectivity index (χ4n) is 2.15. The smallest absolute Gasteiger partial charge is 0.0930 e. The largest absolute Gasteiger partial charge is 0.387 e. The van der Waals surface area contributed by atoms with Crippen LogP contribution in [0.5, 0.6) is 0 Å². The van der Waals surface area contributed by atoms with Crippen LogP contribution in [0.2, 0.25) is 0 Å². The molecule has 2 unspecified atom stereocenters. The van der Waals surface area contributed by atoms with Gasteiger partial charge in [-0.3, -0.25) is 4.98 Å². The van der Waals surface area contributed by atoms with E-state index in [9.17, 15) is 5.11 Å². The fourth-order valence-corrected chi connectivity index (χ4v) is 3.49. The highest BCUT2D eigenvalue weighted by atomic mass is 32.2. The van der Waals surface area contributed by atoms with Gasteiger partial charge >= 0.3 is 0 Å². The first-order valence-corrected chi connectivity index (χ1v) is 6.55. The zero-order valence-electron chi connectivity index (χ0n) is 9.28. The summed E-state index contributed by atoms with van der Waals surface area (Å²) in [6.07, 6.45) is 3.96. The lowest BCUT2D eigenvalue weighted by molar-refractivity contribution is 0.175. The maximum Gasteiger partial charge on any atom is 0.0930 e. The summed E-state index contributed by atoms with van der Waals surface area (Å²) in [6.45, 7) is 0. The number of fused-ring (bicyclic) bond motifs is 1. The number of nitrogens with zero attached hydrogens (tertiary/aromatic N) is 1. The molecule has 0 radical (unpaired) electrons. The third-order valence-corrected chi connectivity index (χ3v) is 4.43. The number of hydrogen-bond donors (Lipinski definition) is 1. The number of aromatic nitrogens is 1. The molecule has 86 valence electrons. The first-order valence-electron chi connectivity index (χ1n) is 5.67. The zero-order chi connectivity index (χ0) is 11.7. The molecule has 2 aromatic rings. The molecule has 17 heavy (non-hydrogen) atoms. The molecule has 1 aliphatic rings. The molecule has 2 atom stereocenters. The Morgan fingerprint density at radius 3 is 2.88 bits per heavy atom. The van der Waals surface area contributed by atoms with Crippen LogP contribution in [0.4, 0.5) is 0 Å². The van der Waals surface area contributed by atoms with Gasteiger partial charge in [-0.1, -0.05) is 24.3 Å². The minimum atomic E-state index is -0.443. The lowest BCUT2D eigenvalue weighted by Crippen LogP contribution is -2.14. The molecule has 1 aromatic heterocycles. The van der Waals surface area contributed by atoms with Gasteiger partial charge in [0.25, 0.3) is 0 Å². The van der Waals surface area contributed by atoms with Crippen LogP contribution in [0.1, 0.15) is 17.2 Å². The Morgan fingerprint density at radius 2 is 2.12 bits per heavy atom. The van der Waals surface area contributed by atoms with Crippen molar-refractivity contribution in [3.8, 4) is 0 Å². The van der Waals surface area contributed by atoms with E-state index in [1.54, 1.807) is 24.2 Å². The van der Waals surface area contributed by atoms with Crippen LogP contribution < -0.4 is 0 Å². The first-order chi connectivity index (χ1) is 8.34. The highest BCUT2D eigenvalue weighted by molar-refractivity contribution is 8.00. The third-order valence-electron chi connectivity index (χ3n) is 3.05. The Hall–Kier alpha value is -1.32. The second kappa shape index (κ2) is 4.51. The van der Waals surface area contributed by atoms with Crippen molar-refractivity contribution >= 4 is 11.8 Å². The molecule has 3 rings (SSSR count). The molecule has 2 heterocycles. The topological polar surface area (TPSA) is 33.1 Å². The molecule has 0 spiro atoms. The Kier molecular flexibility index (Phi) is 2.87. The van der Waals surface area contributed by atoms with E-state index < -0.39 is 6.10 Å². The third kappa shape index (κ3) is 2.08. The minimum absolute atomic E-state index is 0.205. The van der Waals surface area contributed by atoms with Crippen LogP contribution >= 0.6 is 11.8 Å². The lowest BCUT2D eigenvalue weighted by Gasteiger charge is -2.16. The van der Waals surface area contributed by atoms with Crippen LogP contribution in [0.25, 0.3) is 0 Å². The van der Waals surface area contributed by atoms with Crippen molar-refractivity contribution in [3.63, 3.8) is 0 Å². The van der Waals surface area contributed by atoms with Gasteiger partial charge in [0, 0.05) is 22.5 Å². The summed E-state index contributed by atoms with van der Waals surface area (Å²) in [5.41, 5.74) is 2.24. The minimum Gasteiger partial charge on any atom is -0.387 e. The van der Waals surface area contributed by atoms with E-state index in [0.29, 0.717) is 0 Å². The van der Waals surface area contributed by atoms with Crippen LogP contribution in [0.15, 0.2) is 53.7 Å². The van der Waals surface area contributed by atoms with Gasteiger partial charge in [-0.2, -0.15) is 0 Å². The molecule has 1 aromatic carbocycles. The van der Waals surface area contributed by atoms with Gasteiger partial charge < -0.3 is 5.11 Å². The summed E-state index contributed by atoms with van der Waals surface area (Å²) in [7, 11) is 0. The number of pyridine rings is 1. The van der Waals surface area contributed by atoms with Crippen molar-refractivity contribution in [1.82, 2.24) is 4.98 Å². The maximum absolute atomic E-state index is 10.3. The second-order valence-electron chi connectivity index (χ2n) is 4.20. The number of rotatable bonds is 2. The lowest BCUT2D eigenvalue weighted by atomic mass is 10.0. The number of aliphatic hydroxyl groups is 1. The molecule has 0 fully saturated rings. The van der Waals surface area contributed by atoms with E-state index in [1.807, 2.05) is 18.2 Å². The van der Waals surface area contributed by atoms with Crippen molar-refractivity contribution < 1.29 is 5.11 Å². The van der Waals surface area contributed by atoms with E-state index >= 15 is 0 Å². The summed E-state index contributed by atoms with van der Waals surface area (Å²) in [5, 5.41) is 10.5. The highest BCUT2D eigenvalue weighted by Crippen LogP contribution is 2.42. The molecule has 0 amide bonds. The van der Waals surface area contributed by atoms with Crippen LogP contribution in [-0.4, -0.2) is 15.3 Å². The highest BCUT2D eigenvalue weighted by Gasteiger charge is 2.28. The van der Waals surface area contributed by atoms with E-state index in [2.05, 4.69) is 23.2 Å². The quantitative estimate of drug-likeness (QED) is 0.880. The SMILES string of the molecule is OC(c1cccnc1)C1Cc2ccccc2S1. The normalized spacial score (nSPS) is 19.9. The molecule has 0 bridgehead atoms. The standard InChI is InChI=1S/C14H13NOS/c16-14(11-5-3-7-15-9-11)13-8-10-4-1-2-6-12(10)17-13/h1-7,9,13-14,16H,8H2. The van der Waals surface area contributed by atoms with E-state index in [1.165, 1.54) is 10.5 Å². The summed E-state index contributed by atoms with van der Waals surface area (Å²) < 4.78 is 0. The van der Waals surface area contributed by atoms with Crippen LogP contribution in [0.3, 0.4) is 0 Å². The Bertz CT molecular complexity index is 490. The molecular weight excluding hydrogens is 230 g/mol. The number of benzene rings is 1. The van der Waals surface area contributed by atoms with Crippen molar-refractivity contribution in [3.05, 3.63) is 59.9 Å². The molecule has 0 saturated heterocycles. The maximum atomic E-state index is 10.3. The Labute approximate surface area is 105 Å². The van der Waals surface area contributed by atoms with Gasteiger partial charge in [-0.25, -0.2) is 0 Å². The average Bonchev–Trinajstić information content (AvgIpc) is 2.82. The Morgan fingerprint density at radius 1 is 1.24 bits per heavy atom. The van der Waals surface area contributed by atoms with Gasteiger partial charge in [-0.05, 0) is 29.7 Å². The molecule has 2 nitrogen and oxygen atoms in total. The molecule has 0 saturated carbocycles. The molecule has 1 N–H and O–H groups in total. The van der Waals surface area contributed by atoms with Crippen molar-refractivity contribution in [1.29, 1.82) is 0 Å². The molecule has 3 heteroatoms. The van der Waals surface area contributed by atoms with E-state index in [0.717, 1.165) is 12.0 Å². The molecular formula is C14H13NOS. The number of thioether (sulfide) groups is 1. The summed E-state index contributed by atoms with van der Waals surface area (Å²) in [5.74, 6) is 0. The predicted molar refractivity (Wildman–Crippen MR) is 69.0 cm³/mol. The Balaban J connectivity index is 1.81. The predicted octanol–water partition coefficient (Wildman–Crippen LogP) is 2.83. The summed E-state index contributed by atoms with van der Waals surface area (Å²) in [4.78, 5) is 5.35. The van der Waals surface area contributed by atoms with Crippen molar-refractivity contribution in [2.45, 2.75) is 22.7 Å². The molecule has 1 aliphatic heterocycles. The van der Waals surface area contributed by atoms with Gasteiger partial charge in [0.1, 0.15) is 0 Å². The average molecular weight is 243 g/mol. The van der Waals surface area contributed by atoms with Gasteiger partial charge in [0.05, 0.1) is 6.10 Å². The van der Waals surface area contributed by atoms with Gasteiger partial charge in [-0.15, -0.1) is 11.8 Å². The van der Waals surface area contributed by atoms with Crippen LogP contribution in [0, 0.1) is 0 Å². The number of aliphatic hydroxyl groups excluding tert-OH is 1. The fraction of sp³-hybridized carbons (Fsp3) is 0.214. The summed E-state index contributed by atoms with van der Waals surface area (Å²) in [6, 6.07) is 12.2. The second-order valence-corrected chi connectivity index (χ2v) is 5.48. The van der Waals surface area contributed by atoms with Gasteiger partial charge in [0.2, 0.25) is 0 Å². The zero-order valence-corrected chi connectivity index (χ0v) is 10.1. The van der Waals surface area contributed by atoms with Crippen molar-refractivity contribution in [2.75, 3.05) is 0 Å². The molecule has 0 aliphatic carbocycles. The summed E-state index contributed by atoms with van der Waals surface area (Å²) >= 11 is 1.76. The van der Waals surface area contributed by atoms with E-state index in [-0.39, 0.29) is 5.25 Å². The van der Waals surface area contributed by atoms with Crippen molar-refractivity contribution in [2.24, 2.45) is 0 Å². The van der Waals surface area contributed by atoms with E-state index in [4.69, 9.17) is 0 Å².